The number of H-pyrrole nitrogens is 1. The number of ether oxygens (including phenoxy) is 1. The summed E-state index contributed by atoms with van der Waals surface area (Å²) in [6, 6.07) is 7.60. The molecule has 0 radical (unpaired) electrons. The summed E-state index contributed by atoms with van der Waals surface area (Å²) in [4.78, 5) is 46.2. The highest BCUT2D eigenvalue weighted by atomic mass is 16.5. The van der Waals surface area contributed by atoms with Crippen LogP contribution in [-0.4, -0.2) is 63.9 Å². The first kappa shape index (κ1) is 19.8. The fraction of sp³-hybridized carbons (Fsp3) is 0.478. The van der Waals surface area contributed by atoms with Crippen LogP contribution in [0.2, 0.25) is 0 Å². The molecule has 8 nitrogen and oxygen atoms in total. The molecular weight excluding hydrogens is 396 g/mol. The van der Waals surface area contributed by atoms with E-state index < -0.39 is 0 Å². The van der Waals surface area contributed by atoms with Crippen molar-refractivity contribution < 1.29 is 14.3 Å². The Morgan fingerprint density at radius 3 is 2.13 bits per heavy atom. The summed E-state index contributed by atoms with van der Waals surface area (Å²) < 4.78 is 5.07. The van der Waals surface area contributed by atoms with Crippen LogP contribution in [0, 0.1) is 0 Å². The molecule has 31 heavy (non-hydrogen) atoms. The molecule has 0 bridgehead atoms. The van der Waals surface area contributed by atoms with Crippen LogP contribution in [0.5, 0.6) is 5.88 Å². The van der Waals surface area contributed by atoms with Crippen LogP contribution in [0.4, 0.5) is 0 Å². The second-order valence-corrected chi connectivity index (χ2v) is 8.52. The molecule has 2 saturated carbocycles. The normalized spacial score (nSPS) is 19.9. The van der Waals surface area contributed by atoms with E-state index in [1.54, 1.807) is 19.2 Å². The highest BCUT2D eigenvalue weighted by Gasteiger charge is 2.37. The number of hydrogen-bond donors (Lipinski definition) is 1. The lowest BCUT2D eigenvalue weighted by molar-refractivity contribution is 0.0716. The Morgan fingerprint density at radius 1 is 0.871 bits per heavy atom. The molecule has 8 heteroatoms. The molecule has 1 N–H and O–H groups in total. The number of aromatic amines is 1. The molecule has 2 aliphatic carbocycles. The van der Waals surface area contributed by atoms with Crippen molar-refractivity contribution >= 4 is 11.8 Å². The lowest BCUT2D eigenvalue weighted by atomic mass is 10.0. The lowest BCUT2D eigenvalue weighted by Gasteiger charge is -2.27. The van der Waals surface area contributed by atoms with Gasteiger partial charge in [-0.2, -0.15) is 0 Å². The molecule has 0 aromatic carbocycles. The number of fused-ring (bicyclic) bond motifs is 2. The Labute approximate surface area is 180 Å². The maximum atomic E-state index is 12.1. The summed E-state index contributed by atoms with van der Waals surface area (Å²) in [5, 5.41) is 0. The number of carbonyl (C=O) groups is 2. The number of amides is 2. The molecule has 2 aromatic rings. The number of nitrogens with zero attached hydrogens (tertiary/aromatic N) is 3. The SMILES string of the molecule is COc1ccc2c(n1)CCN(C1CC1)C2=O.O=C1c2ccc(=O)[nH]c2CCN1C1CC1. The molecule has 4 aliphatic rings. The summed E-state index contributed by atoms with van der Waals surface area (Å²) in [6.45, 7) is 1.55. The highest BCUT2D eigenvalue weighted by Crippen LogP contribution is 2.32. The number of methoxy groups -OCH3 is 1. The molecule has 0 unspecified atom stereocenters. The van der Waals surface area contributed by atoms with Gasteiger partial charge < -0.3 is 19.5 Å². The Balaban J connectivity index is 0.000000132. The monoisotopic (exact) mass is 422 g/mol. The average molecular weight is 422 g/mol. The minimum atomic E-state index is -0.124. The number of pyridine rings is 2. The second kappa shape index (κ2) is 7.83. The second-order valence-electron chi connectivity index (χ2n) is 8.52. The van der Waals surface area contributed by atoms with Crippen molar-refractivity contribution in [2.75, 3.05) is 20.2 Å². The molecule has 4 heterocycles. The molecule has 2 aliphatic heterocycles. The summed E-state index contributed by atoms with van der Waals surface area (Å²) in [6.07, 6.45) is 6.19. The van der Waals surface area contributed by atoms with Gasteiger partial charge in [0.05, 0.1) is 23.9 Å². The van der Waals surface area contributed by atoms with Crippen molar-refractivity contribution in [3.63, 3.8) is 0 Å². The van der Waals surface area contributed by atoms with E-state index in [-0.39, 0.29) is 17.4 Å². The van der Waals surface area contributed by atoms with Gasteiger partial charge in [0, 0.05) is 55.8 Å². The van der Waals surface area contributed by atoms with Gasteiger partial charge in [0.25, 0.3) is 11.8 Å². The van der Waals surface area contributed by atoms with Crippen molar-refractivity contribution in [1.82, 2.24) is 19.8 Å². The first-order valence-electron chi connectivity index (χ1n) is 10.9. The zero-order chi connectivity index (χ0) is 21.5. The Bertz CT molecular complexity index is 1090. The predicted octanol–water partition coefficient (Wildman–Crippen LogP) is 1.79. The van der Waals surface area contributed by atoms with E-state index in [0.717, 1.165) is 68.6 Å². The molecular formula is C23H26N4O4. The Morgan fingerprint density at radius 2 is 1.48 bits per heavy atom. The predicted molar refractivity (Wildman–Crippen MR) is 113 cm³/mol. The number of carbonyl (C=O) groups excluding carboxylic acids is 2. The first-order valence-corrected chi connectivity index (χ1v) is 10.9. The lowest BCUT2D eigenvalue weighted by Crippen LogP contribution is -2.40. The minimum absolute atomic E-state index is 0.0787. The first-order chi connectivity index (χ1) is 15.0. The van der Waals surface area contributed by atoms with Crippen molar-refractivity contribution in [3.8, 4) is 5.88 Å². The largest absolute Gasteiger partial charge is 0.481 e. The van der Waals surface area contributed by atoms with Crippen molar-refractivity contribution in [3.05, 3.63) is 57.1 Å². The third kappa shape index (κ3) is 3.94. The van der Waals surface area contributed by atoms with E-state index in [4.69, 9.17) is 4.74 Å². The quantitative estimate of drug-likeness (QED) is 0.814. The van der Waals surface area contributed by atoms with Crippen LogP contribution < -0.4 is 10.3 Å². The standard InChI is InChI=1S/C12H14N2O2.C11H12N2O2/c1-16-11-5-4-9-10(13-11)6-7-14(12(9)15)8-2-3-8;14-10-4-3-8-9(12-10)5-6-13(11(8)15)7-1-2-7/h4-5,8H,2-3,6-7H2,1H3;3-4,7H,1-2,5-6H2,(H,12,14). The maximum absolute atomic E-state index is 12.1. The van der Waals surface area contributed by atoms with Crippen LogP contribution >= 0.6 is 0 Å². The van der Waals surface area contributed by atoms with E-state index in [1.807, 2.05) is 15.9 Å². The van der Waals surface area contributed by atoms with E-state index in [9.17, 15) is 14.4 Å². The van der Waals surface area contributed by atoms with Crippen LogP contribution in [0.3, 0.4) is 0 Å². The Kier molecular flexibility index (Phi) is 5.00. The third-order valence-electron chi connectivity index (χ3n) is 6.31. The molecule has 2 fully saturated rings. The van der Waals surface area contributed by atoms with Gasteiger partial charge in [-0.25, -0.2) is 4.98 Å². The molecule has 0 spiro atoms. The van der Waals surface area contributed by atoms with E-state index in [0.29, 0.717) is 23.5 Å². The van der Waals surface area contributed by atoms with Crippen LogP contribution in [0.15, 0.2) is 29.1 Å². The summed E-state index contributed by atoms with van der Waals surface area (Å²) in [5.41, 5.74) is 2.97. The van der Waals surface area contributed by atoms with Crippen LogP contribution in [-0.2, 0) is 12.8 Å². The Hall–Kier alpha value is -3.16. The fourth-order valence-corrected chi connectivity index (χ4v) is 4.34. The third-order valence-corrected chi connectivity index (χ3v) is 6.31. The zero-order valence-corrected chi connectivity index (χ0v) is 17.6. The van der Waals surface area contributed by atoms with Gasteiger partial charge >= 0.3 is 0 Å². The smallest absolute Gasteiger partial charge is 0.255 e. The van der Waals surface area contributed by atoms with E-state index in [1.165, 1.54) is 6.07 Å². The molecule has 162 valence electrons. The summed E-state index contributed by atoms with van der Waals surface area (Å²) in [5.74, 6) is 0.806. The van der Waals surface area contributed by atoms with Gasteiger partial charge in [-0.15, -0.1) is 0 Å². The number of aromatic nitrogens is 2. The number of rotatable bonds is 3. The molecule has 2 amide bonds. The summed E-state index contributed by atoms with van der Waals surface area (Å²) in [7, 11) is 1.59. The van der Waals surface area contributed by atoms with Gasteiger partial charge in [0.1, 0.15) is 0 Å². The molecule has 2 aromatic heterocycles. The summed E-state index contributed by atoms with van der Waals surface area (Å²) >= 11 is 0. The average Bonchev–Trinajstić information content (AvgIpc) is 3.68. The van der Waals surface area contributed by atoms with Crippen LogP contribution in [0.1, 0.15) is 57.8 Å². The minimum Gasteiger partial charge on any atom is -0.481 e. The number of hydrogen-bond acceptors (Lipinski definition) is 5. The molecule has 0 atom stereocenters. The van der Waals surface area contributed by atoms with Crippen LogP contribution in [0.25, 0.3) is 0 Å². The zero-order valence-electron chi connectivity index (χ0n) is 17.6. The molecule has 6 rings (SSSR count). The van der Waals surface area contributed by atoms with E-state index >= 15 is 0 Å². The molecule has 0 saturated heterocycles. The van der Waals surface area contributed by atoms with Gasteiger partial charge in [-0.3, -0.25) is 14.4 Å². The van der Waals surface area contributed by atoms with Crippen molar-refractivity contribution in [2.45, 2.75) is 50.6 Å². The maximum Gasteiger partial charge on any atom is 0.255 e. The topological polar surface area (TPSA) is 95.6 Å². The van der Waals surface area contributed by atoms with E-state index in [2.05, 4.69) is 9.97 Å². The number of nitrogens with one attached hydrogen (secondary N) is 1. The highest BCUT2D eigenvalue weighted by molar-refractivity contribution is 5.97. The van der Waals surface area contributed by atoms with Crippen molar-refractivity contribution in [1.29, 1.82) is 0 Å². The van der Waals surface area contributed by atoms with Gasteiger partial charge in [-0.1, -0.05) is 0 Å². The fourth-order valence-electron chi connectivity index (χ4n) is 4.34. The van der Waals surface area contributed by atoms with Gasteiger partial charge in [0.15, 0.2) is 0 Å². The van der Waals surface area contributed by atoms with Gasteiger partial charge in [-0.05, 0) is 37.8 Å². The van der Waals surface area contributed by atoms with Crippen molar-refractivity contribution in [2.24, 2.45) is 0 Å². The van der Waals surface area contributed by atoms with Gasteiger partial charge in [0.2, 0.25) is 11.4 Å².